The molecule has 0 radical (unpaired) electrons. The van der Waals surface area contributed by atoms with Crippen LogP contribution < -0.4 is 15.2 Å². The number of hydrogen-bond acceptors (Lipinski definition) is 5. The first-order valence-corrected chi connectivity index (χ1v) is 7.86. The Morgan fingerprint density at radius 2 is 2.00 bits per heavy atom. The van der Waals surface area contributed by atoms with Gasteiger partial charge in [0.1, 0.15) is 5.76 Å². The minimum atomic E-state index is 0.520. The first-order valence-electron chi connectivity index (χ1n) is 7.86. The summed E-state index contributed by atoms with van der Waals surface area (Å²) < 4.78 is 16.1. The van der Waals surface area contributed by atoms with E-state index in [9.17, 15) is 5.26 Å². The number of hydrogen-bond donors (Lipinski definition) is 1. The molecule has 0 atom stereocenters. The lowest BCUT2D eigenvalue weighted by Crippen LogP contribution is -1.97. The molecule has 0 saturated heterocycles. The molecule has 0 saturated carbocycles. The number of nitrogens with two attached hydrogens (primary N) is 1. The highest BCUT2D eigenvalue weighted by Crippen LogP contribution is 2.33. The summed E-state index contributed by atoms with van der Waals surface area (Å²) >= 11 is 0. The van der Waals surface area contributed by atoms with E-state index in [4.69, 9.17) is 19.9 Å². The lowest BCUT2D eigenvalue weighted by atomic mass is 9.96. The monoisotopic (exact) mass is 340 g/mol. The Kier molecular flexibility index (Phi) is 8.45. The summed E-state index contributed by atoms with van der Waals surface area (Å²) in [5, 5.41) is 9.20. The second kappa shape index (κ2) is 10.6. The first-order chi connectivity index (χ1) is 12.1. The number of allylic oxidation sites excluding steroid dienone is 6. The van der Waals surface area contributed by atoms with Gasteiger partial charge >= 0.3 is 0 Å². The zero-order valence-electron chi connectivity index (χ0n) is 15.1. The number of nitrogens with zero attached hydrogens (tertiary/aromatic N) is 1. The topological polar surface area (TPSA) is 77.5 Å². The van der Waals surface area contributed by atoms with Gasteiger partial charge in [-0.1, -0.05) is 18.2 Å². The van der Waals surface area contributed by atoms with Crippen LogP contribution in [0.15, 0.2) is 60.0 Å². The van der Waals surface area contributed by atoms with Crippen LogP contribution in [0.25, 0.3) is 5.57 Å². The van der Waals surface area contributed by atoms with Gasteiger partial charge in [-0.3, -0.25) is 0 Å². The summed E-state index contributed by atoms with van der Waals surface area (Å²) in [6, 6.07) is 7.67. The Bertz CT molecular complexity index is 738. The Labute approximate surface area is 149 Å². The predicted molar refractivity (Wildman–Crippen MR) is 99.9 cm³/mol. The third-order valence-electron chi connectivity index (χ3n) is 3.43. The lowest BCUT2D eigenvalue weighted by Gasteiger charge is -2.13. The highest BCUT2D eigenvalue weighted by molar-refractivity contribution is 5.84. The molecule has 0 unspecified atom stereocenters. The van der Waals surface area contributed by atoms with Crippen molar-refractivity contribution in [3.8, 4) is 17.6 Å². The molecule has 25 heavy (non-hydrogen) atoms. The molecular formula is C20H24N2O3. The van der Waals surface area contributed by atoms with Crippen LogP contribution in [0.4, 0.5) is 0 Å². The van der Waals surface area contributed by atoms with Gasteiger partial charge in [-0.2, -0.15) is 5.26 Å². The minimum absolute atomic E-state index is 0.520. The summed E-state index contributed by atoms with van der Waals surface area (Å²) in [5.41, 5.74) is 7.95. The lowest BCUT2D eigenvalue weighted by molar-refractivity contribution is 0.306. The highest BCUT2D eigenvalue weighted by atomic mass is 16.5. The summed E-state index contributed by atoms with van der Waals surface area (Å²) in [5.74, 6) is 1.80. The molecule has 0 spiro atoms. The van der Waals surface area contributed by atoms with E-state index in [0.29, 0.717) is 23.9 Å². The van der Waals surface area contributed by atoms with Gasteiger partial charge < -0.3 is 19.9 Å². The van der Waals surface area contributed by atoms with Crippen molar-refractivity contribution in [3.63, 3.8) is 0 Å². The number of nitriles is 1. The maximum absolute atomic E-state index is 9.20. The zero-order valence-corrected chi connectivity index (χ0v) is 15.1. The van der Waals surface area contributed by atoms with Gasteiger partial charge in [0.25, 0.3) is 0 Å². The van der Waals surface area contributed by atoms with E-state index < -0.39 is 0 Å². The third kappa shape index (κ3) is 5.47. The number of ether oxygens (including phenoxy) is 3. The molecule has 132 valence electrons. The van der Waals surface area contributed by atoms with Crippen molar-refractivity contribution < 1.29 is 14.2 Å². The normalized spacial score (nSPS) is 12.8. The van der Waals surface area contributed by atoms with E-state index in [1.807, 2.05) is 44.2 Å². The smallest absolute Gasteiger partial charge is 0.161 e. The molecule has 0 aliphatic heterocycles. The molecule has 0 fully saturated rings. The van der Waals surface area contributed by atoms with Crippen LogP contribution in [-0.2, 0) is 4.74 Å². The molecule has 0 heterocycles. The summed E-state index contributed by atoms with van der Waals surface area (Å²) in [6.07, 6.45) is 8.37. The largest absolute Gasteiger partial charge is 0.495 e. The van der Waals surface area contributed by atoms with Crippen molar-refractivity contribution in [1.29, 1.82) is 5.26 Å². The van der Waals surface area contributed by atoms with Crippen molar-refractivity contribution in [3.05, 3.63) is 65.6 Å². The van der Waals surface area contributed by atoms with E-state index >= 15 is 0 Å². The fourth-order valence-electron chi connectivity index (χ4n) is 2.22. The fourth-order valence-corrected chi connectivity index (χ4v) is 2.22. The second-order valence-corrected chi connectivity index (χ2v) is 4.84. The van der Waals surface area contributed by atoms with Crippen LogP contribution >= 0.6 is 0 Å². The average Bonchev–Trinajstić information content (AvgIpc) is 2.64. The van der Waals surface area contributed by atoms with E-state index in [-0.39, 0.29) is 0 Å². The zero-order chi connectivity index (χ0) is 18.7. The minimum Gasteiger partial charge on any atom is -0.495 e. The Balaban J connectivity index is 3.34. The quantitative estimate of drug-likeness (QED) is 0.440. The van der Waals surface area contributed by atoms with Gasteiger partial charge in [0.05, 0.1) is 26.9 Å². The summed E-state index contributed by atoms with van der Waals surface area (Å²) in [6.45, 7) is 4.33. The maximum Gasteiger partial charge on any atom is 0.161 e. The van der Waals surface area contributed by atoms with Crippen molar-refractivity contribution >= 4 is 5.57 Å². The van der Waals surface area contributed by atoms with Gasteiger partial charge in [0, 0.05) is 12.3 Å². The molecule has 1 aromatic carbocycles. The fraction of sp³-hybridized carbons (Fsp3) is 0.250. The number of rotatable bonds is 8. The molecule has 0 aromatic heterocycles. The number of benzene rings is 1. The predicted octanol–water partition coefficient (Wildman–Crippen LogP) is 3.95. The summed E-state index contributed by atoms with van der Waals surface area (Å²) in [4.78, 5) is 0. The van der Waals surface area contributed by atoms with Gasteiger partial charge in [0.15, 0.2) is 11.5 Å². The Morgan fingerprint density at radius 3 is 2.52 bits per heavy atom. The van der Waals surface area contributed by atoms with Crippen LogP contribution in [-0.4, -0.2) is 20.8 Å². The summed E-state index contributed by atoms with van der Waals surface area (Å²) in [7, 11) is 3.14. The van der Waals surface area contributed by atoms with Crippen molar-refractivity contribution in [1.82, 2.24) is 0 Å². The maximum atomic E-state index is 9.20. The van der Waals surface area contributed by atoms with Crippen LogP contribution in [0.1, 0.15) is 19.4 Å². The molecule has 5 heteroatoms. The van der Waals surface area contributed by atoms with Crippen molar-refractivity contribution in [2.24, 2.45) is 5.73 Å². The molecule has 1 rings (SSSR count). The van der Waals surface area contributed by atoms with Gasteiger partial charge in [-0.25, -0.2) is 0 Å². The highest BCUT2D eigenvalue weighted by Gasteiger charge is 2.11. The van der Waals surface area contributed by atoms with Gasteiger partial charge in [-0.05, 0) is 48.8 Å². The van der Waals surface area contributed by atoms with Crippen molar-refractivity contribution in [2.45, 2.75) is 13.8 Å². The molecular weight excluding hydrogens is 316 g/mol. The Hall–Kier alpha value is -3.13. The molecule has 1 aromatic rings. The van der Waals surface area contributed by atoms with Crippen molar-refractivity contribution in [2.75, 3.05) is 20.8 Å². The van der Waals surface area contributed by atoms with Crippen LogP contribution in [0.5, 0.6) is 11.5 Å². The third-order valence-corrected chi connectivity index (χ3v) is 3.43. The van der Waals surface area contributed by atoms with E-state index in [1.54, 1.807) is 20.3 Å². The SMILES string of the molecule is C/C=C(\C=C/C(=C/N)OC)C(=C\C#N)/c1ccc(OC)c(OCC)c1. The second-order valence-electron chi connectivity index (χ2n) is 4.84. The number of methoxy groups -OCH3 is 2. The molecule has 5 nitrogen and oxygen atoms in total. The first kappa shape index (κ1) is 19.9. The molecule has 2 N–H and O–H groups in total. The van der Waals surface area contributed by atoms with Crippen LogP contribution in [0.2, 0.25) is 0 Å². The Morgan fingerprint density at radius 1 is 1.24 bits per heavy atom. The molecule has 0 bridgehead atoms. The average molecular weight is 340 g/mol. The molecule has 0 amide bonds. The van der Waals surface area contributed by atoms with Gasteiger partial charge in [-0.15, -0.1) is 0 Å². The van der Waals surface area contributed by atoms with E-state index in [0.717, 1.165) is 16.7 Å². The van der Waals surface area contributed by atoms with Crippen LogP contribution in [0.3, 0.4) is 0 Å². The molecule has 0 aliphatic rings. The van der Waals surface area contributed by atoms with E-state index in [2.05, 4.69) is 6.07 Å². The molecule has 0 aliphatic carbocycles. The van der Waals surface area contributed by atoms with E-state index in [1.165, 1.54) is 12.3 Å². The van der Waals surface area contributed by atoms with Gasteiger partial charge in [0.2, 0.25) is 0 Å². The standard InChI is InChI=1S/C20H24N2O3/c1-5-15(7-9-17(14-22)23-3)18(11-12-21)16-8-10-19(24-4)20(13-16)25-6-2/h5,7-11,13-14H,6,22H2,1-4H3/b9-7-,15-5+,17-14-,18-11+. The van der Waals surface area contributed by atoms with Crippen LogP contribution in [0, 0.1) is 11.3 Å².